The monoisotopic (exact) mass is 266 g/mol. The van der Waals surface area contributed by atoms with Gasteiger partial charge in [0, 0.05) is 15.9 Å². The number of aliphatic carboxylic acids is 1. The van der Waals surface area contributed by atoms with Gasteiger partial charge in [-0.2, -0.15) is 5.10 Å². The number of carboxylic acid groups (broad SMARTS) is 1. The molecule has 0 bridgehead atoms. The smallest absolute Gasteiger partial charge is 0.328 e. The number of H-pyrrole nitrogens is 1. The van der Waals surface area contributed by atoms with E-state index >= 15 is 0 Å². The molecule has 0 radical (unpaired) electrons. The molecule has 0 saturated carbocycles. The zero-order valence-electron chi connectivity index (χ0n) is 7.57. The van der Waals surface area contributed by atoms with E-state index in [9.17, 15) is 4.79 Å². The molecule has 1 aromatic heterocycles. The van der Waals surface area contributed by atoms with Crippen LogP contribution in [0.15, 0.2) is 28.7 Å². The number of hydrogen-bond donors (Lipinski definition) is 2. The van der Waals surface area contributed by atoms with E-state index in [1.165, 1.54) is 6.08 Å². The van der Waals surface area contributed by atoms with Crippen molar-refractivity contribution in [3.05, 3.63) is 34.4 Å². The van der Waals surface area contributed by atoms with Gasteiger partial charge in [-0.05, 0) is 24.3 Å². The van der Waals surface area contributed by atoms with Crippen molar-refractivity contribution >= 4 is 38.9 Å². The average Bonchev–Trinajstić information content (AvgIpc) is 2.57. The van der Waals surface area contributed by atoms with Crippen molar-refractivity contribution in [1.29, 1.82) is 0 Å². The molecular weight excluding hydrogens is 260 g/mol. The molecule has 2 rings (SSSR count). The van der Waals surface area contributed by atoms with Gasteiger partial charge in [0.15, 0.2) is 0 Å². The normalized spacial score (nSPS) is 11.3. The quantitative estimate of drug-likeness (QED) is 0.821. The maximum Gasteiger partial charge on any atom is 0.328 e. The highest BCUT2D eigenvalue weighted by molar-refractivity contribution is 9.10. The molecule has 1 aromatic carbocycles. The average molecular weight is 267 g/mol. The Morgan fingerprint density at radius 1 is 1.53 bits per heavy atom. The molecular formula is C10H7BrN2O2. The lowest BCUT2D eigenvalue weighted by atomic mass is 10.2. The Balaban J connectivity index is 2.50. The van der Waals surface area contributed by atoms with Crippen LogP contribution in [0.2, 0.25) is 0 Å². The highest BCUT2D eigenvalue weighted by Gasteiger charge is 2.02. The predicted octanol–water partition coefficient (Wildman–Crippen LogP) is 2.42. The number of carboxylic acids is 1. The SMILES string of the molecule is O=C(O)C=Cc1n[nH]c2cc(Br)ccc12. The van der Waals surface area contributed by atoms with E-state index in [0.29, 0.717) is 5.69 Å². The maximum atomic E-state index is 10.4. The van der Waals surface area contributed by atoms with E-state index in [1.54, 1.807) is 0 Å². The molecule has 0 amide bonds. The van der Waals surface area contributed by atoms with Crippen molar-refractivity contribution < 1.29 is 9.90 Å². The summed E-state index contributed by atoms with van der Waals surface area (Å²) in [7, 11) is 0. The largest absolute Gasteiger partial charge is 0.478 e. The summed E-state index contributed by atoms with van der Waals surface area (Å²) in [5, 5.41) is 16.2. The van der Waals surface area contributed by atoms with Crippen LogP contribution in [0.3, 0.4) is 0 Å². The fraction of sp³-hybridized carbons (Fsp3) is 0. The molecule has 0 aliphatic heterocycles. The van der Waals surface area contributed by atoms with Gasteiger partial charge in [-0.1, -0.05) is 15.9 Å². The fourth-order valence-electron chi connectivity index (χ4n) is 1.29. The van der Waals surface area contributed by atoms with Crippen LogP contribution in [0.25, 0.3) is 17.0 Å². The Bertz CT molecular complexity index is 545. The van der Waals surface area contributed by atoms with Crippen LogP contribution in [0, 0.1) is 0 Å². The molecule has 76 valence electrons. The van der Waals surface area contributed by atoms with Gasteiger partial charge in [0.2, 0.25) is 0 Å². The zero-order valence-corrected chi connectivity index (χ0v) is 9.15. The summed E-state index contributed by atoms with van der Waals surface area (Å²) in [5.74, 6) is -0.983. The summed E-state index contributed by atoms with van der Waals surface area (Å²) in [6.07, 6.45) is 2.53. The van der Waals surface area contributed by atoms with Crippen LogP contribution >= 0.6 is 15.9 Å². The Morgan fingerprint density at radius 2 is 2.33 bits per heavy atom. The van der Waals surface area contributed by atoms with E-state index in [1.807, 2.05) is 18.2 Å². The molecule has 0 spiro atoms. The van der Waals surface area contributed by atoms with E-state index in [2.05, 4.69) is 26.1 Å². The van der Waals surface area contributed by atoms with Crippen LogP contribution in [0.5, 0.6) is 0 Å². The Kier molecular flexibility index (Phi) is 2.55. The van der Waals surface area contributed by atoms with Crippen LogP contribution in [-0.4, -0.2) is 21.3 Å². The first kappa shape index (κ1) is 9.92. The maximum absolute atomic E-state index is 10.4. The summed E-state index contributed by atoms with van der Waals surface area (Å²) in [4.78, 5) is 10.4. The minimum atomic E-state index is -0.983. The number of nitrogens with zero attached hydrogens (tertiary/aromatic N) is 1. The number of benzene rings is 1. The topological polar surface area (TPSA) is 66.0 Å². The lowest BCUT2D eigenvalue weighted by molar-refractivity contribution is -0.131. The van der Waals surface area contributed by atoms with Gasteiger partial charge in [0.1, 0.15) is 0 Å². The van der Waals surface area contributed by atoms with Crippen molar-refractivity contribution in [2.75, 3.05) is 0 Å². The Labute approximate surface area is 93.7 Å². The number of carbonyl (C=O) groups is 1. The Morgan fingerprint density at radius 3 is 3.07 bits per heavy atom. The van der Waals surface area contributed by atoms with Gasteiger partial charge in [-0.25, -0.2) is 4.79 Å². The van der Waals surface area contributed by atoms with Crippen molar-refractivity contribution in [3.63, 3.8) is 0 Å². The van der Waals surface area contributed by atoms with Gasteiger partial charge < -0.3 is 5.11 Å². The van der Waals surface area contributed by atoms with Crippen molar-refractivity contribution in [3.8, 4) is 0 Å². The number of aromatic nitrogens is 2. The number of rotatable bonds is 2. The third-order valence-corrected chi connectivity index (χ3v) is 2.43. The highest BCUT2D eigenvalue weighted by Crippen LogP contribution is 2.21. The predicted molar refractivity (Wildman–Crippen MR) is 60.5 cm³/mol. The van der Waals surface area contributed by atoms with Crippen LogP contribution in [-0.2, 0) is 4.79 Å². The van der Waals surface area contributed by atoms with Crippen molar-refractivity contribution in [2.45, 2.75) is 0 Å². The highest BCUT2D eigenvalue weighted by atomic mass is 79.9. The van der Waals surface area contributed by atoms with Crippen molar-refractivity contribution in [2.24, 2.45) is 0 Å². The molecule has 0 fully saturated rings. The summed E-state index contributed by atoms with van der Waals surface area (Å²) < 4.78 is 0.951. The van der Waals surface area contributed by atoms with Crippen LogP contribution < -0.4 is 0 Å². The van der Waals surface area contributed by atoms with Gasteiger partial charge in [0.25, 0.3) is 0 Å². The van der Waals surface area contributed by atoms with E-state index in [4.69, 9.17) is 5.11 Å². The number of halogens is 1. The van der Waals surface area contributed by atoms with E-state index < -0.39 is 5.97 Å². The standard InChI is InChI=1S/C10H7BrN2O2/c11-6-1-2-7-8(3-4-10(14)15)12-13-9(7)5-6/h1-5H,(H,12,13)(H,14,15). The van der Waals surface area contributed by atoms with Crippen LogP contribution in [0.4, 0.5) is 0 Å². The fourth-order valence-corrected chi connectivity index (χ4v) is 1.65. The third-order valence-electron chi connectivity index (χ3n) is 1.94. The summed E-state index contributed by atoms with van der Waals surface area (Å²) in [6.45, 7) is 0. The first-order valence-electron chi connectivity index (χ1n) is 4.21. The lowest BCUT2D eigenvalue weighted by Crippen LogP contribution is -1.85. The lowest BCUT2D eigenvalue weighted by Gasteiger charge is -1.90. The minimum Gasteiger partial charge on any atom is -0.478 e. The molecule has 0 unspecified atom stereocenters. The first-order valence-corrected chi connectivity index (χ1v) is 5.01. The van der Waals surface area contributed by atoms with Gasteiger partial charge in [-0.3, -0.25) is 5.10 Å². The molecule has 0 atom stereocenters. The summed E-state index contributed by atoms with van der Waals surface area (Å²) in [5.41, 5.74) is 1.49. The van der Waals surface area contributed by atoms with E-state index in [0.717, 1.165) is 21.5 Å². The minimum absolute atomic E-state index is 0.625. The summed E-state index contributed by atoms with van der Waals surface area (Å²) in [6, 6.07) is 5.65. The number of aromatic amines is 1. The molecule has 5 heteroatoms. The van der Waals surface area contributed by atoms with Gasteiger partial charge in [-0.15, -0.1) is 0 Å². The number of nitrogens with one attached hydrogen (secondary N) is 1. The zero-order chi connectivity index (χ0) is 10.8. The van der Waals surface area contributed by atoms with Crippen LogP contribution in [0.1, 0.15) is 5.69 Å². The molecule has 1 heterocycles. The number of fused-ring (bicyclic) bond motifs is 1. The summed E-state index contributed by atoms with van der Waals surface area (Å²) >= 11 is 3.34. The molecule has 15 heavy (non-hydrogen) atoms. The molecule has 0 saturated heterocycles. The van der Waals surface area contributed by atoms with Gasteiger partial charge in [0.05, 0.1) is 11.2 Å². The first-order chi connectivity index (χ1) is 7.16. The second kappa shape index (κ2) is 3.86. The molecule has 2 aromatic rings. The molecule has 0 aliphatic carbocycles. The van der Waals surface area contributed by atoms with Gasteiger partial charge >= 0.3 is 5.97 Å². The second-order valence-corrected chi connectivity index (χ2v) is 3.89. The van der Waals surface area contributed by atoms with E-state index in [-0.39, 0.29) is 0 Å². The molecule has 4 nitrogen and oxygen atoms in total. The van der Waals surface area contributed by atoms with Crippen molar-refractivity contribution in [1.82, 2.24) is 10.2 Å². The molecule has 0 aliphatic rings. The third kappa shape index (κ3) is 2.07. The number of hydrogen-bond acceptors (Lipinski definition) is 2. The second-order valence-electron chi connectivity index (χ2n) is 2.97. The molecule has 2 N–H and O–H groups in total. The Hall–Kier alpha value is -1.62.